The monoisotopic (exact) mass is 465 g/mol. The van der Waals surface area contributed by atoms with E-state index in [0.29, 0.717) is 56.5 Å². The van der Waals surface area contributed by atoms with E-state index in [2.05, 4.69) is 49.6 Å². The highest BCUT2D eigenvalue weighted by Crippen LogP contribution is 2.29. The number of carbonyl (C=O) groups excluding carboxylic acids is 1. The summed E-state index contributed by atoms with van der Waals surface area (Å²) in [6.07, 6.45) is 5.34. The van der Waals surface area contributed by atoms with Crippen LogP contribution < -0.4 is 20.9 Å². The summed E-state index contributed by atoms with van der Waals surface area (Å²) in [4.78, 5) is 27.3. The number of piperidine rings is 1. The molecule has 11 nitrogen and oxygen atoms in total. The minimum atomic E-state index is -0.622. The van der Waals surface area contributed by atoms with Gasteiger partial charge in [0.1, 0.15) is 11.6 Å². The van der Waals surface area contributed by atoms with Gasteiger partial charge in [0.25, 0.3) is 0 Å². The molecule has 2 saturated heterocycles. The molecule has 3 aromatic rings. The number of nitrogens with zero attached hydrogens (tertiary/aromatic N) is 6. The molecule has 1 amide bonds. The van der Waals surface area contributed by atoms with Gasteiger partial charge in [0.05, 0.1) is 22.5 Å². The van der Waals surface area contributed by atoms with Gasteiger partial charge in [0, 0.05) is 50.6 Å². The third kappa shape index (κ3) is 4.60. The predicted octanol–water partition coefficient (Wildman–Crippen LogP) is 2.20. The van der Waals surface area contributed by atoms with Crippen molar-refractivity contribution in [2.24, 2.45) is 0 Å². The Bertz CT molecular complexity index is 1200. The summed E-state index contributed by atoms with van der Waals surface area (Å²) >= 11 is 0. The number of anilines is 4. The van der Waals surface area contributed by atoms with E-state index >= 15 is 0 Å². The van der Waals surface area contributed by atoms with Gasteiger partial charge in [-0.05, 0) is 39.7 Å². The summed E-state index contributed by atoms with van der Waals surface area (Å²) in [5.74, 6) is 2.73. The van der Waals surface area contributed by atoms with E-state index in [9.17, 15) is 9.90 Å². The fourth-order valence-corrected chi connectivity index (χ4v) is 4.39. The van der Waals surface area contributed by atoms with E-state index in [1.165, 1.54) is 0 Å². The lowest BCUT2D eigenvalue weighted by molar-refractivity contribution is -0.119. The van der Waals surface area contributed by atoms with Gasteiger partial charge in [-0.2, -0.15) is 10.1 Å². The van der Waals surface area contributed by atoms with Crippen LogP contribution in [0.1, 0.15) is 46.1 Å². The molecule has 1 atom stereocenters. The zero-order valence-corrected chi connectivity index (χ0v) is 19.7. The van der Waals surface area contributed by atoms with Crippen molar-refractivity contribution in [2.45, 2.75) is 57.7 Å². The molecule has 2 aliphatic rings. The van der Waals surface area contributed by atoms with E-state index in [4.69, 9.17) is 5.10 Å². The zero-order chi connectivity index (χ0) is 23.9. The van der Waals surface area contributed by atoms with Crippen molar-refractivity contribution in [3.8, 4) is 0 Å². The van der Waals surface area contributed by atoms with Crippen molar-refractivity contribution in [2.75, 3.05) is 35.2 Å². The Morgan fingerprint density at radius 3 is 2.74 bits per heavy atom. The van der Waals surface area contributed by atoms with Crippen molar-refractivity contribution >= 4 is 40.2 Å². The molecular weight excluding hydrogens is 434 g/mol. The van der Waals surface area contributed by atoms with Gasteiger partial charge < -0.3 is 26.0 Å². The van der Waals surface area contributed by atoms with Crippen molar-refractivity contribution in [3.05, 3.63) is 24.5 Å². The summed E-state index contributed by atoms with van der Waals surface area (Å²) in [7, 11) is 0. The maximum absolute atomic E-state index is 11.6. The van der Waals surface area contributed by atoms with Crippen LogP contribution in [0.15, 0.2) is 24.5 Å². The quantitative estimate of drug-likeness (QED) is 0.432. The van der Waals surface area contributed by atoms with E-state index in [-0.39, 0.29) is 18.0 Å². The minimum absolute atomic E-state index is 0.0157. The fraction of sp³-hybridized carbons (Fsp3) is 0.522. The number of fused-ring (bicyclic) bond motifs is 1. The third-order valence-corrected chi connectivity index (χ3v) is 6.42. The van der Waals surface area contributed by atoms with Crippen LogP contribution in [-0.4, -0.2) is 67.0 Å². The third-order valence-electron chi connectivity index (χ3n) is 6.42. The van der Waals surface area contributed by atoms with Crippen LogP contribution >= 0.6 is 0 Å². The molecule has 1 unspecified atom stereocenters. The van der Waals surface area contributed by atoms with Crippen LogP contribution in [0.2, 0.25) is 0 Å². The number of aliphatic hydroxyl groups is 1. The molecule has 11 heteroatoms. The second-order valence-electron chi connectivity index (χ2n) is 9.67. The number of amides is 1. The van der Waals surface area contributed by atoms with Crippen LogP contribution in [0.25, 0.3) is 10.9 Å². The van der Waals surface area contributed by atoms with E-state index < -0.39 is 5.60 Å². The molecule has 0 aliphatic carbocycles. The number of hydrogen-bond donors (Lipinski definition) is 4. The minimum Gasteiger partial charge on any atom is -0.390 e. The second kappa shape index (κ2) is 8.71. The molecule has 0 bridgehead atoms. The Labute approximate surface area is 198 Å². The second-order valence-corrected chi connectivity index (χ2v) is 9.67. The number of rotatable bonds is 6. The summed E-state index contributed by atoms with van der Waals surface area (Å²) in [5.41, 5.74) is 0.322. The van der Waals surface area contributed by atoms with E-state index in [1.54, 1.807) is 12.4 Å². The van der Waals surface area contributed by atoms with Crippen molar-refractivity contribution in [3.63, 3.8) is 0 Å². The van der Waals surface area contributed by atoms with Crippen molar-refractivity contribution < 1.29 is 9.90 Å². The Morgan fingerprint density at radius 2 is 2.03 bits per heavy atom. The van der Waals surface area contributed by atoms with Crippen LogP contribution in [0.5, 0.6) is 0 Å². The number of nitrogens with one attached hydrogen (secondary N) is 3. The van der Waals surface area contributed by atoms with E-state index in [0.717, 1.165) is 16.7 Å². The maximum atomic E-state index is 11.6. The maximum Gasteiger partial charge on any atom is 0.227 e. The van der Waals surface area contributed by atoms with Crippen LogP contribution in [-0.2, 0) is 4.79 Å². The van der Waals surface area contributed by atoms with Gasteiger partial charge in [-0.1, -0.05) is 0 Å². The highest BCUT2D eigenvalue weighted by Gasteiger charge is 2.28. The smallest absolute Gasteiger partial charge is 0.227 e. The molecular formula is C23H31N9O2. The van der Waals surface area contributed by atoms with Crippen molar-refractivity contribution in [1.82, 2.24) is 30.0 Å². The standard InChI is InChI=1S/C23H31N9O2/c1-14(2)32-17-11-19(25-13-16(17)21(30-32)27-15-10-20(33)26-12-15)28-18-4-7-24-22(29-18)31-8-5-23(3,34)6-9-31/h4,7,11,13-15,34H,5-6,8-10,12H2,1-3H3,(H,26,33)(H,27,30)(H,24,25,28,29). The van der Waals surface area contributed by atoms with E-state index in [1.807, 2.05) is 23.7 Å². The van der Waals surface area contributed by atoms with Crippen LogP contribution in [0, 0.1) is 0 Å². The first-order chi connectivity index (χ1) is 16.3. The van der Waals surface area contributed by atoms with Gasteiger partial charge in [0.2, 0.25) is 11.9 Å². The predicted molar refractivity (Wildman–Crippen MR) is 130 cm³/mol. The molecule has 0 spiro atoms. The van der Waals surface area contributed by atoms with Crippen molar-refractivity contribution in [1.29, 1.82) is 0 Å². The topological polar surface area (TPSA) is 133 Å². The molecule has 34 heavy (non-hydrogen) atoms. The molecule has 0 radical (unpaired) electrons. The highest BCUT2D eigenvalue weighted by atomic mass is 16.3. The molecule has 0 saturated carbocycles. The first kappa shape index (κ1) is 22.3. The Hall–Kier alpha value is -3.47. The SMILES string of the molecule is CC(C)n1nc(NC2CNC(=O)C2)c2cnc(Nc3ccnc(N4CCC(C)(O)CC4)n3)cc21. The lowest BCUT2D eigenvalue weighted by Gasteiger charge is -2.35. The summed E-state index contributed by atoms with van der Waals surface area (Å²) in [6, 6.07) is 3.94. The lowest BCUT2D eigenvalue weighted by atomic mass is 9.94. The number of aromatic nitrogens is 5. The average Bonchev–Trinajstić information content (AvgIpc) is 3.37. The molecule has 180 valence electrons. The van der Waals surface area contributed by atoms with Gasteiger partial charge in [-0.25, -0.2) is 9.97 Å². The van der Waals surface area contributed by atoms with Crippen LogP contribution in [0.3, 0.4) is 0 Å². The number of pyridine rings is 1. The molecule has 2 aliphatic heterocycles. The average molecular weight is 466 g/mol. The number of carbonyl (C=O) groups is 1. The molecule has 2 fully saturated rings. The molecule has 4 N–H and O–H groups in total. The largest absolute Gasteiger partial charge is 0.390 e. The first-order valence-electron chi connectivity index (χ1n) is 11.8. The van der Waals surface area contributed by atoms with Gasteiger partial charge in [-0.15, -0.1) is 0 Å². The molecule has 0 aromatic carbocycles. The zero-order valence-electron chi connectivity index (χ0n) is 19.7. The fourth-order valence-electron chi connectivity index (χ4n) is 4.39. The lowest BCUT2D eigenvalue weighted by Crippen LogP contribution is -2.43. The Morgan fingerprint density at radius 1 is 1.24 bits per heavy atom. The molecule has 5 rings (SSSR count). The highest BCUT2D eigenvalue weighted by molar-refractivity contribution is 5.92. The Balaban J connectivity index is 1.37. The van der Waals surface area contributed by atoms with Gasteiger partial charge in [-0.3, -0.25) is 9.48 Å². The summed E-state index contributed by atoms with van der Waals surface area (Å²) < 4.78 is 1.96. The molecule has 3 aromatic heterocycles. The van der Waals surface area contributed by atoms with Gasteiger partial charge >= 0.3 is 0 Å². The Kier molecular flexibility index (Phi) is 5.72. The first-order valence-corrected chi connectivity index (χ1v) is 11.8. The summed E-state index contributed by atoms with van der Waals surface area (Å²) in [5, 5.41) is 25.4. The van der Waals surface area contributed by atoms with Crippen LogP contribution in [0.4, 0.5) is 23.4 Å². The van der Waals surface area contributed by atoms with Gasteiger partial charge in [0.15, 0.2) is 5.82 Å². The molecule has 5 heterocycles. The summed E-state index contributed by atoms with van der Waals surface area (Å²) in [6.45, 7) is 8.05. The number of hydrogen-bond acceptors (Lipinski definition) is 9. The normalized spacial score (nSPS) is 20.1.